The maximum atomic E-state index is 3.32. The summed E-state index contributed by atoms with van der Waals surface area (Å²) in [5.41, 5.74) is 0. The lowest BCUT2D eigenvalue weighted by atomic mass is 10.3. The van der Waals surface area contributed by atoms with Crippen molar-refractivity contribution in [1.29, 1.82) is 0 Å². The fourth-order valence-corrected chi connectivity index (χ4v) is 1.15. The Kier molecular flexibility index (Phi) is 4.98. The van der Waals surface area contributed by atoms with E-state index in [1.54, 1.807) is 0 Å². The van der Waals surface area contributed by atoms with Gasteiger partial charge >= 0.3 is 0 Å². The zero-order chi connectivity index (χ0) is 8.74. The molecule has 0 heterocycles. The third-order valence-corrected chi connectivity index (χ3v) is 2.31. The van der Waals surface area contributed by atoms with Crippen LogP contribution in [0.25, 0.3) is 0 Å². The van der Waals surface area contributed by atoms with E-state index in [1.807, 2.05) is 0 Å². The second kappa shape index (κ2) is 5.21. The summed E-state index contributed by atoms with van der Waals surface area (Å²) in [5.74, 6) is 3.16. The Balaban J connectivity index is 4.28. The standard InChI is InChI=1S/C10H20N/c1-5-9-10-11(6-2,7-3)8-4/h5-8H2,1-4H3/q+1. The fourth-order valence-electron chi connectivity index (χ4n) is 1.15. The summed E-state index contributed by atoms with van der Waals surface area (Å²) in [4.78, 5) is 0. The van der Waals surface area contributed by atoms with Crippen LogP contribution in [0.2, 0.25) is 0 Å². The van der Waals surface area contributed by atoms with Crippen LogP contribution in [0.1, 0.15) is 34.1 Å². The van der Waals surface area contributed by atoms with Gasteiger partial charge in [-0.05, 0) is 26.7 Å². The fraction of sp³-hybridized carbons (Fsp3) is 0.800. The van der Waals surface area contributed by atoms with Gasteiger partial charge in [-0.2, -0.15) is 0 Å². The first kappa shape index (κ1) is 10.5. The molecule has 0 saturated heterocycles. The van der Waals surface area contributed by atoms with Crippen LogP contribution >= 0.6 is 0 Å². The van der Waals surface area contributed by atoms with Crippen molar-refractivity contribution in [3.05, 3.63) is 0 Å². The lowest BCUT2D eigenvalue weighted by molar-refractivity contribution is -0.858. The van der Waals surface area contributed by atoms with E-state index >= 15 is 0 Å². The van der Waals surface area contributed by atoms with Gasteiger partial charge in [-0.25, -0.2) is 4.48 Å². The first-order valence-electron chi connectivity index (χ1n) is 4.60. The molecule has 0 bridgehead atoms. The van der Waals surface area contributed by atoms with E-state index < -0.39 is 0 Å². The Bertz CT molecular complexity index is 138. The van der Waals surface area contributed by atoms with E-state index in [2.05, 4.69) is 39.7 Å². The first-order valence-corrected chi connectivity index (χ1v) is 4.60. The minimum absolute atomic E-state index is 0.952. The second-order valence-electron chi connectivity index (χ2n) is 2.74. The quantitative estimate of drug-likeness (QED) is 0.432. The van der Waals surface area contributed by atoms with E-state index in [4.69, 9.17) is 0 Å². The van der Waals surface area contributed by atoms with Gasteiger partial charge in [-0.1, -0.05) is 6.92 Å². The van der Waals surface area contributed by atoms with Crippen molar-refractivity contribution in [2.75, 3.05) is 19.6 Å². The first-order chi connectivity index (χ1) is 5.24. The molecule has 0 aliphatic carbocycles. The molecular weight excluding hydrogens is 134 g/mol. The number of hydrogen-bond acceptors (Lipinski definition) is 0. The van der Waals surface area contributed by atoms with Gasteiger partial charge in [0.1, 0.15) is 6.04 Å². The van der Waals surface area contributed by atoms with E-state index in [1.165, 1.54) is 0 Å². The van der Waals surface area contributed by atoms with Crippen LogP contribution in [0.3, 0.4) is 0 Å². The summed E-state index contributed by atoms with van der Waals surface area (Å²) in [7, 11) is 0. The van der Waals surface area contributed by atoms with Crippen LogP contribution in [0.5, 0.6) is 0 Å². The number of hydrogen-bond donors (Lipinski definition) is 0. The molecular formula is C10H20N+. The number of nitrogens with zero attached hydrogens (tertiary/aromatic N) is 1. The van der Waals surface area contributed by atoms with Crippen LogP contribution in [-0.4, -0.2) is 24.1 Å². The molecule has 0 radical (unpaired) electrons. The largest absolute Gasteiger partial charge is 0.247 e. The third kappa shape index (κ3) is 2.95. The van der Waals surface area contributed by atoms with Gasteiger partial charge in [0.15, 0.2) is 0 Å². The molecule has 0 fully saturated rings. The summed E-state index contributed by atoms with van der Waals surface area (Å²) in [6.07, 6.45) is 0.972. The zero-order valence-electron chi connectivity index (χ0n) is 8.28. The molecule has 0 N–H and O–H groups in total. The van der Waals surface area contributed by atoms with E-state index in [0.29, 0.717) is 0 Å². The molecule has 0 rings (SSSR count). The molecule has 0 aromatic carbocycles. The highest BCUT2D eigenvalue weighted by atomic mass is 15.3. The molecule has 0 aliphatic heterocycles. The second-order valence-corrected chi connectivity index (χ2v) is 2.74. The van der Waals surface area contributed by atoms with E-state index in [9.17, 15) is 0 Å². The van der Waals surface area contributed by atoms with Crippen LogP contribution in [-0.2, 0) is 0 Å². The summed E-state index contributed by atoms with van der Waals surface area (Å²) in [6.45, 7) is 12.1. The van der Waals surface area contributed by atoms with Crippen LogP contribution in [0, 0.1) is 12.0 Å². The molecule has 1 nitrogen and oxygen atoms in total. The van der Waals surface area contributed by atoms with Gasteiger partial charge in [0.05, 0.1) is 19.6 Å². The lowest BCUT2D eigenvalue weighted by Crippen LogP contribution is -2.42. The van der Waals surface area contributed by atoms with E-state index in [-0.39, 0.29) is 0 Å². The Labute approximate surface area is 71.0 Å². The van der Waals surface area contributed by atoms with Crippen molar-refractivity contribution < 1.29 is 4.48 Å². The Hall–Kier alpha value is -0.480. The summed E-state index contributed by atoms with van der Waals surface area (Å²) in [6, 6.07) is 3.32. The Morgan fingerprint density at radius 2 is 1.36 bits per heavy atom. The van der Waals surface area contributed by atoms with Gasteiger partial charge in [0.25, 0.3) is 0 Å². The molecule has 0 unspecified atom stereocenters. The molecule has 0 atom stereocenters. The normalized spacial score (nSPS) is 10.5. The molecule has 11 heavy (non-hydrogen) atoms. The maximum Gasteiger partial charge on any atom is 0.137 e. The van der Waals surface area contributed by atoms with Crippen molar-refractivity contribution in [1.82, 2.24) is 0 Å². The van der Waals surface area contributed by atoms with Crippen molar-refractivity contribution >= 4 is 0 Å². The highest BCUT2D eigenvalue weighted by molar-refractivity contribution is 4.90. The van der Waals surface area contributed by atoms with E-state index in [0.717, 1.165) is 30.5 Å². The highest BCUT2D eigenvalue weighted by Gasteiger charge is 2.17. The molecule has 0 aromatic heterocycles. The Morgan fingerprint density at radius 3 is 1.64 bits per heavy atom. The number of quaternary nitrogens is 1. The summed E-state index contributed by atoms with van der Waals surface area (Å²) < 4.78 is 0.952. The Morgan fingerprint density at radius 1 is 0.909 bits per heavy atom. The predicted molar refractivity (Wildman–Crippen MR) is 50.0 cm³/mol. The van der Waals surface area contributed by atoms with Crippen LogP contribution in [0.15, 0.2) is 0 Å². The zero-order valence-corrected chi connectivity index (χ0v) is 8.28. The SMILES string of the molecule is CCC#C[N+](CC)(CC)CC. The molecule has 0 aromatic rings. The van der Waals surface area contributed by atoms with Crippen LogP contribution in [0.4, 0.5) is 0 Å². The van der Waals surface area contributed by atoms with Gasteiger partial charge in [0.2, 0.25) is 0 Å². The lowest BCUT2D eigenvalue weighted by Gasteiger charge is -2.27. The van der Waals surface area contributed by atoms with Crippen LogP contribution < -0.4 is 0 Å². The number of rotatable bonds is 3. The van der Waals surface area contributed by atoms with Crippen molar-refractivity contribution in [3.63, 3.8) is 0 Å². The van der Waals surface area contributed by atoms with Gasteiger partial charge in [-0.15, -0.1) is 0 Å². The maximum absolute atomic E-state index is 3.32. The summed E-state index contributed by atoms with van der Waals surface area (Å²) >= 11 is 0. The topological polar surface area (TPSA) is 0 Å². The van der Waals surface area contributed by atoms with Crippen molar-refractivity contribution in [2.24, 2.45) is 0 Å². The predicted octanol–water partition coefficient (Wildman–Crippen LogP) is 2.23. The summed E-state index contributed by atoms with van der Waals surface area (Å²) in [5, 5.41) is 0. The molecule has 0 spiro atoms. The molecule has 0 amide bonds. The molecule has 1 heteroatoms. The molecule has 0 aliphatic rings. The monoisotopic (exact) mass is 154 g/mol. The average Bonchev–Trinajstić information content (AvgIpc) is 2.08. The third-order valence-electron chi connectivity index (χ3n) is 2.31. The smallest absolute Gasteiger partial charge is 0.137 e. The van der Waals surface area contributed by atoms with Gasteiger partial charge in [0, 0.05) is 6.42 Å². The van der Waals surface area contributed by atoms with Gasteiger partial charge < -0.3 is 0 Å². The molecule has 64 valence electrons. The van der Waals surface area contributed by atoms with Crippen molar-refractivity contribution in [3.8, 4) is 12.0 Å². The van der Waals surface area contributed by atoms with Crippen molar-refractivity contribution in [2.45, 2.75) is 34.1 Å². The highest BCUT2D eigenvalue weighted by Crippen LogP contribution is 2.02. The minimum atomic E-state index is 0.952. The molecule has 0 saturated carbocycles. The minimum Gasteiger partial charge on any atom is -0.247 e. The van der Waals surface area contributed by atoms with Gasteiger partial charge in [-0.3, -0.25) is 0 Å². The average molecular weight is 154 g/mol.